The minimum atomic E-state index is -0.401. The van der Waals surface area contributed by atoms with Gasteiger partial charge in [-0.3, -0.25) is 4.79 Å². The van der Waals surface area contributed by atoms with Gasteiger partial charge in [0.2, 0.25) is 0 Å². The highest BCUT2D eigenvalue weighted by molar-refractivity contribution is 7.17. The third-order valence-electron chi connectivity index (χ3n) is 5.50. The van der Waals surface area contributed by atoms with Gasteiger partial charge < -0.3 is 9.72 Å². The number of aromatic amines is 1. The number of rotatable bonds is 4. The van der Waals surface area contributed by atoms with E-state index in [9.17, 15) is 9.59 Å². The van der Waals surface area contributed by atoms with Crippen LogP contribution >= 0.6 is 11.3 Å². The van der Waals surface area contributed by atoms with Gasteiger partial charge >= 0.3 is 5.97 Å². The zero-order valence-corrected chi connectivity index (χ0v) is 17.1. The molecule has 0 spiro atoms. The second-order valence-electron chi connectivity index (χ2n) is 7.47. The lowest BCUT2D eigenvalue weighted by Gasteiger charge is -2.16. The van der Waals surface area contributed by atoms with Gasteiger partial charge in [-0.05, 0) is 54.5 Å². The summed E-state index contributed by atoms with van der Waals surface area (Å²) < 4.78 is 5.43. The highest BCUT2D eigenvalue weighted by atomic mass is 32.1. The van der Waals surface area contributed by atoms with Crippen molar-refractivity contribution in [1.29, 1.82) is 0 Å². The van der Waals surface area contributed by atoms with Crippen molar-refractivity contribution in [1.82, 2.24) is 9.97 Å². The van der Waals surface area contributed by atoms with Crippen molar-refractivity contribution in [2.45, 2.75) is 32.3 Å². The van der Waals surface area contributed by atoms with Gasteiger partial charge in [0.25, 0.3) is 5.56 Å². The second-order valence-corrected chi connectivity index (χ2v) is 8.33. The molecule has 5 nitrogen and oxygen atoms in total. The van der Waals surface area contributed by atoms with Crippen LogP contribution in [0, 0.1) is 0 Å². The van der Waals surface area contributed by atoms with Crippen molar-refractivity contribution in [2.24, 2.45) is 0 Å². The first-order valence-corrected chi connectivity index (χ1v) is 10.9. The van der Waals surface area contributed by atoms with Crippen LogP contribution in [0.2, 0.25) is 0 Å². The maximum absolute atomic E-state index is 12.7. The van der Waals surface area contributed by atoms with Gasteiger partial charge in [0.1, 0.15) is 17.3 Å². The lowest BCUT2D eigenvalue weighted by molar-refractivity contribution is 0.0462. The van der Waals surface area contributed by atoms with E-state index in [-0.39, 0.29) is 12.2 Å². The molecular weight excluding hydrogens is 396 g/mol. The number of esters is 1. The van der Waals surface area contributed by atoms with Crippen LogP contribution in [-0.4, -0.2) is 15.9 Å². The number of nitrogens with zero attached hydrogens (tertiary/aromatic N) is 1. The van der Waals surface area contributed by atoms with Gasteiger partial charge in [-0.15, -0.1) is 11.3 Å². The number of hydrogen-bond donors (Lipinski definition) is 1. The Bertz CT molecular complexity index is 1290. The predicted molar refractivity (Wildman–Crippen MR) is 118 cm³/mol. The van der Waals surface area contributed by atoms with E-state index in [1.165, 1.54) is 28.9 Å². The molecule has 2 heterocycles. The molecule has 30 heavy (non-hydrogen) atoms. The van der Waals surface area contributed by atoms with Gasteiger partial charge in [-0.2, -0.15) is 0 Å². The fraction of sp³-hybridized carbons (Fsp3) is 0.208. The summed E-state index contributed by atoms with van der Waals surface area (Å²) in [6.45, 7) is -0.0698. The fourth-order valence-corrected chi connectivity index (χ4v) is 4.94. The first-order chi connectivity index (χ1) is 14.7. The quantitative estimate of drug-likeness (QED) is 0.481. The second kappa shape index (κ2) is 7.88. The van der Waals surface area contributed by atoms with Gasteiger partial charge in [0.05, 0.1) is 10.9 Å². The Kier molecular flexibility index (Phi) is 4.93. The lowest BCUT2D eigenvalue weighted by atomic mass is 9.90. The summed E-state index contributed by atoms with van der Waals surface area (Å²) in [5.74, 6) is -0.0532. The van der Waals surface area contributed by atoms with E-state index in [0.717, 1.165) is 30.4 Å². The predicted octanol–water partition coefficient (Wildman–Crippen LogP) is 4.89. The number of fused-ring (bicyclic) bond motifs is 2. The molecule has 0 unspecified atom stereocenters. The Hall–Kier alpha value is -3.25. The molecule has 1 aliphatic rings. The molecule has 2 aromatic carbocycles. The summed E-state index contributed by atoms with van der Waals surface area (Å²) in [4.78, 5) is 33.1. The van der Waals surface area contributed by atoms with Crippen molar-refractivity contribution in [2.75, 3.05) is 0 Å². The van der Waals surface area contributed by atoms with Crippen LogP contribution in [0.15, 0.2) is 58.7 Å². The zero-order chi connectivity index (χ0) is 20.5. The number of nitrogens with one attached hydrogen (secondary N) is 1. The molecule has 0 amide bonds. The van der Waals surface area contributed by atoms with Crippen LogP contribution in [0.3, 0.4) is 0 Å². The molecule has 0 saturated carbocycles. The van der Waals surface area contributed by atoms with Crippen LogP contribution in [-0.2, 0) is 24.2 Å². The smallest absolute Gasteiger partial charge is 0.338 e. The third kappa shape index (κ3) is 3.55. The summed E-state index contributed by atoms with van der Waals surface area (Å²) in [5, 5.41) is 2.50. The van der Waals surface area contributed by atoms with Crippen LogP contribution in [0.5, 0.6) is 0 Å². The maximum atomic E-state index is 12.7. The molecule has 1 aliphatic carbocycles. The van der Waals surface area contributed by atoms with E-state index in [1.54, 1.807) is 0 Å². The Morgan fingerprint density at radius 2 is 1.87 bits per heavy atom. The number of benzene rings is 2. The highest BCUT2D eigenvalue weighted by Gasteiger charge is 2.16. The van der Waals surface area contributed by atoms with Crippen molar-refractivity contribution in [3.8, 4) is 11.1 Å². The Labute approximate surface area is 177 Å². The molecule has 150 valence electrons. The number of ether oxygens (including phenoxy) is 1. The van der Waals surface area contributed by atoms with Crippen molar-refractivity contribution in [3.63, 3.8) is 0 Å². The fourth-order valence-electron chi connectivity index (χ4n) is 3.97. The number of hydrogen-bond acceptors (Lipinski definition) is 5. The molecule has 6 heteroatoms. The Balaban J connectivity index is 1.36. The van der Waals surface area contributed by atoms with Gasteiger partial charge in [0, 0.05) is 10.9 Å². The van der Waals surface area contributed by atoms with Crippen molar-refractivity contribution < 1.29 is 9.53 Å². The van der Waals surface area contributed by atoms with Gasteiger partial charge in [-0.25, -0.2) is 9.78 Å². The van der Waals surface area contributed by atoms with Crippen molar-refractivity contribution >= 4 is 27.5 Å². The molecule has 2 aromatic heterocycles. The Morgan fingerprint density at radius 3 is 2.70 bits per heavy atom. The van der Waals surface area contributed by atoms with E-state index in [1.807, 2.05) is 53.9 Å². The number of thiophene rings is 1. The molecular formula is C24H20N2O3S. The van der Waals surface area contributed by atoms with E-state index in [4.69, 9.17) is 4.74 Å². The average molecular weight is 417 g/mol. The number of carbonyl (C=O) groups is 1. The summed E-state index contributed by atoms with van der Waals surface area (Å²) in [6.07, 6.45) is 4.43. The summed E-state index contributed by atoms with van der Waals surface area (Å²) in [7, 11) is 0. The largest absolute Gasteiger partial charge is 0.454 e. The summed E-state index contributed by atoms with van der Waals surface area (Å²) in [6, 6.07) is 15.5. The van der Waals surface area contributed by atoms with E-state index in [0.29, 0.717) is 21.6 Å². The molecule has 0 atom stereocenters. The number of aromatic nitrogens is 2. The SMILES string of the molecule is O=C(OCc1nc2scc(-c3ccccc3)c2c(=O)[nH]1)c1ccc2c(c1)CCCC2. The number of aryl methyl sites for hydroxylation is 2. The lowest BCUT2D eigenvalue weighted by Crippen LogP contribution is -2.14. The summed E-state index contributed by atoms with van der Waals surface area (Å²) in [5.41, 5.74) is 4.71. The molecule has 1 N–H and O–H groups in total. The average Bonchev–Trinajstić information content (AvgIpc) is 3.22. The van der Waals surface area contributed by atoms with Crippen LogP contribution < -0.4 is 5.56 Å². The molecule has 0 fully saturated rings. The molecule has 4 aromatic rings. The number of carbonyl (C=O) groups excluding carboxylic acids is 1. The van der Waals surface area contributed by atoms with E-state index < -0.39 is 5.97 Å². The first kappa shape index (κ1) is 18.8. The van der Waals surface area contributed by atoms with Gasteiger partial charge in [-0.1, -0.05) is 36.4 Å². The molecule has 0 aliphatic heterocycles. The molecule has 0 saturated heterocycles. The van der Waals surface area contributed by atoms with E-state index >= 15 is 0 Å². The minimum absolute atomic E-state index is 0.0698. The third-order valence-corrected chi connectivity index (χ3v) is 6.37. The van der Waals surface area contributed by atoms with Crippen LogP contribution in [0.25, 0.3) is 21.3 Å². The van der Waals surface area contributed by atoms with Crippen LogP contribution in [0.4, 0.5) is 0 Å². The molecule has 0 radical (unpaired) electrons. The molecule has 5 rings (SSSR count). The van der Waals surface area contributed by atoms with Crippen LogP contribution in [0.1, 0.15) is 40.2 Å². The Morgan fingerprint density at radius 1 is 1.07 bits per heavy atom. The first-order valence-electron chi connectivity index (χ1n) is 10.0. The van der Waals surface area contributed by atoms with E-state index in [2.05, 4.69) is 9.97 Å². The van der Waals surface area contributed by atoms with Gasteiger partial charge in [0.15, 0.2) is 0 Å². The van der Waals surface area contributed by atoms with Crippen molar-refractivity contribution in [3.05, 3.63) is 86.8 Å². The maximum Gasteiger partial charge on any atom is 0.338 e. The number of H-pyrrole nitrogens is 1. The zero-order valence-electron chi connectivity index (χ0n) is 16.3. The minimum Gasteiger partial charge on any atom is -0.454 e. The molecule has 0 bridgehead atoms. The topological polar surface area (TPSA) is 72.0 Å². The monoisotopic (exact) mass is 416 g/mol. The standard InChI is InChI=1S/C24H20N2O3S/c27-22-21-19(16-7-2-1-3-8-16)14-30-23(21)26-20(25-22)13-29-24(28)18-11-10-15-6-4-5-9-17(15)12-18/h1-3,7-8,10-12,14H,4-6,9,13H2,(H,25,26,27). The summed E-state index contributed by atoms with van der Waals surface area (Å²) >= 11 is 1.41. The normalized spacial score (nSPS) is 13.2. The highest BCUT2D eigenvalue weighted by Crippen LogP contribution is 2.30.